The first-order valence-electron chi connectivity index (χ1n) is 6.45. The van der Waals surface area contributed by atoms with Crippen LogP contribution in [0.3, 0.4) is 0 Å². The summed E-state index contributed by atoms with van der Waals surface area (Å²) in [5.74, 6) is -0.347. The fourth-order valence-electron chi connectivity index (χ4n) is 1.76. The van der Waals surface area contributed by atoms with Gasteiger partial charge in [0.25, 0.3) is 0 Å². The van der Waals surface area contributed by atoms with Crippen LogP contribution in [-0.4, -0.2) is 34.6 Å². The normalized spacial score (nSPS) is 24.5. The van der Waals surface area contributed by atoms with Crippen LogP contribution in [0.4, 0.5) is 0 Å². The van der Waals surface area contributed by atoms with Gasteiger partial charge in [0.2, 0.25) is 0 Å². The average Bonchev–Trinajstić information content (AvgIpc) is 2.23. The highest BCUT2D eigenvalue weighted by Gasteiger charge is 2.46. The molecule has 1 aliphatic heterocycles. The zero-order valence-corrected chi connectivity index (χ0v) is 14.9. The topological polar surface area (TPSA) is 35.5 Å². The van der Waals surface area contributed by atoms with Crippen molar-refractivity contribution < 1.29 is 14.0 Å². The van der Waals surface area contributed by atoms with E-state index in [1.54, 1.807) is 6.92 Å². The summed E-state index contributed by atoms with van der Waals surface area (Å²) < 4.78 is 10.4. The van der Waals surface area contributed by atoms with E-state index in [-0.39, 0.29) is 5.97 Å². The van der Waals surface area contributed by atoms with Crippen molar-refractivity contribution >= 4 is 21.4 Å². The third-order valence-electron chi connectivity index (χ3n) is 3.84. The lowest BCUT2D eigenvalue weighted by Crippen LogP contribution is -2.61. The highest BCUT2D eigenvalue weighted by atomic mass is 29.3. The Hall–Kier alpha value is -0.396. The number of ether oxygens (including phenoxy) is 1. The minimum absolute atomic E-state index is 0.347. The molecule has 106 valence electrons. The van der Waals surface area contributed by atoms with Crippen molar-refractivity contribution in [2.75, 3.05) is 7.11 Å². The molecule has 1 saturated heterocycles. The average molecular weight is 289 g/mol. The lowest BCUT2D eigenvalue weighted by Gasteiger charge is -2.44. The van der Waals surface area contributed by atoms with Crippen LogP contribution >= 0.6 is 0 Å². The molecule has 1 unspecified atom stereocenters. The summed E-state index contributed by atoms with van der Waals surface area (Å²) in [6.07, 6.45) is 1.84. The molecule has 0 aliphatic carbocycles. The zero-order chi connectivity index (χ0) is 14.6. The molecule has 0 bridgehead atoms. The maximum Gasteiger partial charge on any atom is 0.332 e. The van der Waals surface area contributed by atoms with E-state index in [0.29, 0.717) is 11.7 Å². The quantitative estimate of drug-likeness (QED) is 0.421. The van der Waals surface area contributed by atoms with E-state index in [9.17, 15) is 4.79 Å². The van der Waals surface area contributed by atoms with Gasteiger partial charge in [-0.2, -0.15) is 0 Å². The maximum atomic E-state index is 10.2. The molecule has 5 heteroatoms. The Balaban J connectivity index is 0.000000360. The van der Waals surface area contributed by atoms with Gasteiger partial charge in [-0.1, -0.05) is 25.7 Å². The smallest absolute Gasteiger partial charge is 0.332 e. The second-order valence-corrected chi connectivity index (χ2v) is 21.3. The Kier molecular flexibility index (Phi) is 6.53. The Morgan fingerprint density at radius 3 is 2.06 bits per heavy atom. The summed E-state index contributed by atoms with van der Waals surface area (Å²) in [4.78, 5) is 10.2. The van der Waals surface area contributed by atoms with E-state index in [1.807, 2.05) is 0 Å². The van der Waals surface area contributed by atoms with Gasteiger partial charge in [0.05, 0.1) is 14.7 Å². The molecule has 0 aromatic carbocycles. The minimum Gasteiger partial charge on any atom is -0.466 e. The molecule has 0 spiro atoms. The van der Waals surface area contributed by atoms with Crippen molar-refractivity contribution in [3.8, 4) is 0 Å². The van der Waals surface area contributed by atoms with Gasteiger partial charge in [0.15, 0.2) is 7.83 Å². The monoisotopic (exact) mass is 288 g/mol. The number of carbonyl (C=O) groups excluding carboxylic acids is 1. The van der Waals surface area contributed by atoms with Crippen LogP contribution in [0.15, 0.2) is 12.2 Å². The molecule has 18 heavy (non-hydrogen) atoms. The van der Waals surface area contributed by atoms with Crippen molar-refractivity contribution in [1.82, 2.24) is 0 Å². The summed E-state index contributed by atoms with van der Waals surface area (Å²) in [7, 11) is -0.855. The molecular formula is C13H28O3Si2. The number of esters is 1. The van der Waals surface area contributed by atoms with E-state index in [1.165, 1.54) is 19.6 Å². The Labute approximate surface area is 113 Å². The standard InChI is InChI=1S/C8H20OSi2.C5H8O2/c1-8-6-7-10(2,3)11(4,5)9-8;1-4(2)5(6)7-3/h8H,6-7H2,1-5H3;1H2,2-3H3. The molecular weight excluding hydrogens is 260 g/mol. The van der Waals surface area contributed by atoms with Crippen molar-refractivity contribution in [3.63, 3.8) is 0 Å². The molecule has 0 saturated carbocycles. The van der Waals surface area contributed by atoms with Gasteiger partial charge in [0, 0.05) is 11.7 Å². The summed E-state index contributed by atoms with van der Waals surface area (Å²) in [5, 5.41) is 0. The maximum absolute atomic E-state index is 10.2. The number of methoxy groups -OCH3 is 1. The number of carbonyl (C=O) groups is 1. The van der Waals surface area contributed by atoms with Gasteiger partial charge in [0.1, 0.15) is 0 Å². The van der Waals surface area contributed by atoms with Crippen LogP contribution in [0.25, 0.3) is 0 Å². The molecule has 1 aliphatic rings. The molecule has 1 fully saturated rings. The van der Waals surface area contributed by atoms with E-state index in [2.05, 4.69) is 44.4 Å². The molecule has 0 aromatic heterocycles. The fourth-order valence-corrected chi connectivity index (χ4v) is 8.73. The van der Waals surface area contributed by atoms with E-state index >= 15 is 0 Å². The second kappa shape index (κ2) is 6.68. The third kappa shape index (κ3) is 5.08. The predicted octanol–water partition coefficient (Wildman–Crippen LogP) is 3.52. The fraction of sp³-hybridized carbons (Fsp3) is 0.769. The Bertz CT molecular complexity index is 311. The molecule has 0 amide bonds. The molecule has 0 radical (unpaired) electrons. The summed E-state index contributed by atoms with van der Waals surface area (Å²) in [6, 6.07) is 1.48. The van der Waals surface area contributed by atoms with Crippen molar-refractivity contribution in [1.29, 1.82) is 0 Å². The van der Waals surface area contributed by atoms with Crippen LogP contribution < -0.4 is 0 Å². The molecule has 0 N–H and O–H groups in total. The van der Waals surface area contributed by atoms with E-state index < -0.39 is 15.4 Å². The van der Waals surface area contributed by atoms with Gasteiger partial charge < -0.3 is 9.16 Å². The van der Waals surface area contributed by atoms with Crippen LogP contribution in [0.2, 0.25) is 32.2 Å². The summed E-state index contributed by atoms with van der Waals surface area (Å²) >= 11 is 0. The van der Waals surface area contributed by atoms with Gasteiger partial charge >= 0.3 is 5.97 Å². The van der Waals surface area contributed by atoms with Gasteiger partial charge in [-0.25, -0.2) is 4.79 Å². The van der Waals surface area contributed by atoms with Crippen LogP contribution in [-0.2, 0) is 14.0 Å². The Morgan fingerprint density at radius 1 is 1.33 bits per heavy atom. The lowest BCUT2D eigenvalue weighted by molar-refractivity contribution is -0.136. The molecule has 1 atom stereocenters. The number of rotatable bonds is 1. The van der Waals surface area contributed by atoms with Gasteiger partial charge in [-0.05, 0) is 33.4 Å². The highest BCUT2D eigenvalue weighted by molar-refractivity contribution is 7.38. The third-order valence-corrected chi connectivity index (χ3v) is 20.5. The van der Waals surface area contributed by atoms with E-state index in [4.69, 9.17) is 4.43 Å². The van der Waals surface area contributed by atoms with Crippen LogP contribution in [0.1, 0.15) is 20.3 Å². The SMILES string of the molecule is C=C(C)C(=O)OC.CC1CC[Si](C)(C)[Si](C)(C)O1. The van der Waals surface area contributed by atoms with E-state index in [0.717, 1.165) is 0 Å². The first-order chi connectivity index (χ1) is 8.03. The molecule has 1 heterocycles. The molecule has 1 rings (SSSR count). The predicted molar refractivity (Wildman–Crippen MR) is 81.8 cm³/mol. The highest BCUT2D eigenvalue weighted by Crippen LogP contribution is 2.32. The minimum atomic E-state index is -1.24. The largest absolute Gasteiger partial charge is 0.466 e. The molecule has 0 aromatic rings. The Morgan fingerprint density at radius 2 is 1.83 bits per heavy atom. The summed E-state index contributed by atoms with van der Waals surface area (Å²) in [6.45, 7) is 17.0. The van der Waals surface area contributed by atoms with Gasteiger partial charge in [-0.3, -0.25) is 0 Å². The van der Waals surface area contributed by atoms with Crippen LogP contribution in [0, 0.1) is 0 Å². The number of hydrogen-bond donors (Lipinski definition) is 0. The van der Waals surface area contributed by atoms with Gasteiger partial charge in [-0.15, -0.1) is 0 Å². The van der Waals surface area contributed by atoms with Crippen LogP contribution in [0.5, 0.6) is 0 Å². The van der Waals surface area contributed by atoms with Crippen molar-refractivity contribution in [2.24, 2.45) is 0 Å². The first-order valence-corrected chi connectivity index (χ1v) is 13.6. The second-order valence-electron chi connectivity index (χ2n) is 6.13. The molecule has 3 nitrogen and oxygen atoms in total. The van der Waals surface area contributed by atoms with Crippen molar-refractivity contribution in [3.05, 3.63) is 12.2 Å². The van der Waals surface area contributed by atoms with Crippen molar-refractivity contribution in [2.45, 2.75) is 58.6 Å². The lowest BCUT2D eigenvalue weighted by atomic mass is 10.3. The first kappa shape index (κ1) is 17.6. The summed E-state index contributed by atoms with van der Waals surface area (Å²) in [5.41, 5.74) is 0.433. The number of hydrogen-bond acceptors (Lipinski definition) is 3. The zero-order valence-electron chi connectivity index (χ0n) is 12.9.